The van der Waals surface area contributed by atoms with Crippen molar-refractivity contribution in [2.75, 3.05) is 20.8 Å². The van der Waals surface area contributed by atoms with E-state index >= 15 is 0 Å². The summed E-state index contributed by atoms with van der Waals surface area (Å²) in [5, 5.41) is 8.80. The second-order valence-electron chi connectivity index (χ2n) is 6.41. The summed E-state index contributed by atoms with van der Waals surface area (Å²) in [6.07, 6.45) is 10.3. The normalized spacial score (nSPS) is 11.4. The van der Waals surface area contributed by atoms with Crippen LogP contribution in [0.1, 0.15) is 5.82 Å². The highest BCUT2D eigenvalue weighted by molar-refractivity contribution is 5.85. The molecule has 0 amide bonds. The smallest absolute Gasteiger partial charge is 0.145 e. The van der Waals surface area contributed by atoms with Crippen molar-refractivity contribution in [1.29, 1.82) is 0 Å². The van der Waals surface area contributed by atoms with Gasteiger partial charge in [0.15, 0.2) is 0 Å². The molecular formula is C19H22N6O2. The molecule has 0 radical (unpaired) electrons. The summed E-state index contributed by atoms with van der Waals surface area (Å²) in [6, 6.07) is 2.01. The number of nitrogens with zero attached hydrogens (tertiary/aromatic N) is 6. The first-order chi connectivity index (χ1) is 13.1. The molecule has 8 nitrogen and oxygen atoms in total. The van der Waals surface area contributed by atoms with Crippen molar-refractivity contribution in [3.63, 3.8) is 0 Å². The minimum absolute atomic E-state index is 0.636. The van der Waals surface area contributed by atoms with Crippen molar-refractivity contribution in [3.8, 4) is 28.1 Å². The molecule has 0 saturated carbocycles. The number of imidazole rings is 1. The number of hydrogen-bond donors (Lipinski definition) is 0. The quantitative estimate of drug-likeness (QED) is 0.524. The first kappa shape index (κ1) is 17.3. The molecule has 4 heterocycles. The molecule has 0 bridgehead atoms. The van der Waals surface area contributed by atoms with E-state index in [1.165, 1.54) is 0 Å². The zero-order valence-electron chi connectivity index (χ0n) is 15.9. The lowest BCUT2D eigenvalue weighted by molar-refractivity contribution is 0.200. The number of pyridine rings is 1. The van der Waals surface area contributed by atoms with Gasteiger partial charge in [-0.05, 0) is 6.07 Å². The van der Waals surface area contributed by atoms with E-state index in [1.807, 2.05) is 55.7 Å². The predicted octanol–water partition coefficient (Wildman–Crippen LogP) is 2.33. The zero-order chi connectivity index (χ0) is 19.0. The Balaban J connectivity index is 1.83. The Morgan fingerprint density at radius 3 is 2.56 bits per heavy atom. The zero-order valence-corrected chi connectivity index (χ0v) is 15.9. The van der Waals surface area contributed by atoms with Gasteiger partial charge in [-0.3, -0.25) is 4.68 Å². The van der Waals surface area contributed by atoms with Crippen LogP contribution in [0.15, 0.2) is 37.1 Å². The lowest BCUT2D eigenvalue weighted by Gasteiger charge is -2.09. The van der Waals surface area contributed by atoms with E-state index in [0.717, 1.165) is 45.9 Å². The molecule has 0 aromatic carbocycles. The van der Waals surface area contributed by atoms with Crippen LogP contribution in [0.4, 0.5) is 0 Å². The van der Waals surface area contributed by atoms with Crippen LogP contribution in [0.5, 0.6) is 5.75 Å². The molecule has 0 unspecified atom stereocenters. The summed E-state index contributed by atoms with van der Waals surface area (Å²) in [6.45, 7) is 0.636. The van der Waals surface area contributed by atoms with Crippen LogP contribution in [0, 0.1) is 0 Å². The van der Waals surface area contributed by atoms with Gasteiger partial charge in [0.05, 0.1) is 38.0 Å². The van der Waals surface area contributed by atoms with Crippen LogP contribution in [0.3, 0.4) is 0 Å². The Labute approximate surface area is 157 Å². The van der Waals surface area contributed by atoms with Crippen molar-refractivity contribution >= 4 is 5.52 Å². The van der Waals surface area contributed by atoms with Gasteiger partial charge in [-0.1, -0.05) is 0 Å². The third-order valence-corrected chi connectivity index (χ3v) is 4.73. The Kier molecular flexibility index (Phi) is 4.41. The Hall–Kier alpha value is -3.13. The maximum Gasteiger partial charge on any atom is 0.145 e. The van der Waals surface area contributed by atoms with Crippen molar-refractivity contribution in [3.05, 3.63) is 42.9 Å². The van der Waals surface area contributed by atoms with Gasteiger partial charge in [0.1, 0.15) is 17.1 Å². The molecule has 4 aromatic heterocycles. The number of rotatable bonds is 6. The first-order valence-corrected chi connectivity index (χ1v) is 8.66. The summed E-state index contributed by atoms with van der Waals surface area (Å²) in [4.78, 5) is 4.53. The molecule has 0 aliphatic carbocycles. The van der Waals surface area contributed by atoms with Crippen LogP contribution < -0.4 is 4.74 Å². The fraction of sp³-hybridized carbons (Fsp3) is 0.316. The molecule has 4 aromatic rings. The molecule has 0 atom stereocenters. The number of fused-ring (bicyclic) bond motifs is 1. The Morgan fingerprint density at radius 1 is 1.00 bits per heavy atom. The summed E-state index contributed by atoms with van der Waals surface area (Å²) < 4.78 is 16.6. The number of methoxy groups -OCH3 is 2. The molecule has 0 aliphatic heterocycles. The average molecular weight is 366 g/mol. The van der Waals surface area contributed by atoms with E-state index in [9.17, 15) is 0 Å². The van der Waals surface area contributed by atoms with Gasteiger partial charge >= 0.3 is 0 Å². The molecule has 0 aliphatic rings. The summed E-state index contributed by atoms with van der Waals surface area (Å²) in [5.74, 6) is 1.72. The van der Waals surface area contributed by atoms with Gasteiger partial charge in [-0.2, -0.15) is 10.2 Å². The van der Waals surface area contributed by atoms with Crippen molar-refractivity contribution in [1.82, 2.24) is 28.9 Å². The monoisotopic (exact) mass is 366 g/mol. The lowest BCUT2D eigenvalue weighted by Crippen LogP contribution is -2.03. The fourth-order valence-electron chi connectivity index (χ4n) is 3.28. The predicted molar refractivity (Wildman–Crippen MR) is 102 cm³/mol. The third kappa shape index (κ3) is 2.97. The Morgan fingerprint density at radius 2 is 1.85 bits per heavy atom. The van der Waals surface area contributed by atoms with E-state index < -0.39 is 0 Å². The highest BCUT2D eigenvalue weighted by atomic mass is 16.5. The summed E-state index contributed by atoms with van der Waals surface area (Å²) in [7, 11) is 7.27. The highest BCUT2D eigenvalue weighted by Crippen LogP contribution is 2.34. The van der Waals surface area contributed by atoms with Crippen LogP contribution in [-0.4, -0.2) is 49.8 Å². The standard InChI is InChI=1S/C19H22N6O2/c1-23-11-14(8-21-23)13-7-17(27-4)19-15(9-22-25(19)12-13)16-10-20-18(24(16)2)5-6-26-3/h7-12H,5-6H2,1-4H3. The highest BCUT2D eigenvalue weighted by Gasteiger charge is 2.18. The maximum atomic E-state index is 5.69. The van der Waals surface area contributed by atoms with Crippen molar-refractivity contribution < 1.29 is 9.47 Å². The van der Waals surface area contributed by atoms with Gasteiger partial charge in [0.2, 0.25) is 0 Å². The minimum Gasteiger partial charge on any atom is -0.494 e. The van der Waals surface area contributed by atoms with Crippen LogP contribution in [-0.2, 0) is 25.3 Å². The van der Waals surface area contributed by atoms with Gasteiger partial charge in [0, 0.05) is 56.7 Å². The summed E-state index contributed by atoms with van der Waals surface area (Å²) in [5.41, 5.74) is 4.88. The molecule has 27 heavy (non-hydrogen) atoms. The van der Waals surface area contributed by atoms with Gasteiger partial charge in [-0.15, -0.1) is 0 Å². The van der Waals surface area contributed by atoms with Gasteiger partial charge in [0.25, 0.3) is 0 Å². The topological polar surface area (TPSA) is 71.4 Å². The van der Waals surface area contributed by atoms with Crippen molar-refractivity contribution in [2.24, 2.45) is 14.1 Å². The van der Waals surface area contributed by atoms with Gasteiger partial charge in [-0.25, -0.2) is 9.50 Å². The molecule has 8 heteroatoms. The van der Waals surface area contributed by atoms with E-state index in [4.69, 9.17) is 9.47 Å². The maximum absolute atomic E-state index is 5.69. The SMILES string of the molecule is COCCc1ncc(-c2cnn3cc(-c4cnn(C)c4)cc(OC)c23)n1C. The van der Waals surface area contributed by atoms with E-state index in [1.54, 1.807) is 18.9 Å². The molecule has 0 N–H and O–H groups in total. The molecule has 140 valence electrons. The molecule has 0 fully saturated rings. The van der Waals surface area contributed by atoms with Crippen LogP contribution in [0.2, 0.25) is 0 Å². The fourth-order valence-corrected chi connectivity index (χ4v) is 3.28. The first-order valence-electron chi connectivity index (χ1n) is 8.66. The molecular weight excluding hydrogens is 344 g/mol. The van der Waals surface area contributed by atoms with Crippen LogP contribution in [0.25, 0.3) is 27.9 Å². The number of ether oxygens (including phenoxy) is 2. The average Bonchev–Trinajstić information content (AvgIpc) is 3.38. The van der Waals surface area contributed by atoms with Crippen molar-refractivity contribution in [2.45, 2.75) is 6.42 Å². The molecule has 0 spiro atoms. The lowest BCUT2D eigenvalue weighted by atomic mass is 10.1. The second kappa shape index (κ2) is 6.88. The van der Waals surface area contributed by atoms with E-state index in [-0.39, 0.29) is 0 Å². The van der Waals surface area contributed by atoms with E-state index in [0.29, 0.717) is 6.61 Å². The Bertz CT molecular complexity index is 1090. The van der Waals surface area contributed by atoms with Gasteiger partial charge < -0.3 is 14.0 Å². The molecule has 4 rings (SSSR count). The largest absolute Gasteiger partial charge is 0.494 e. The number of aryl methyl sites for hydroxylation is 1. The number of hydrogen-bond acceptors (Lipinski definition) is 5. The number of aromatic nitrogens is 6. The van der Waals surface area contributed by atoms with E-state index in [2.05, 4.69) is 19.7 Å². The summed E-state index contributed by atoms with van der Waals surface area (Å²) >= 11 is 0. The van der Waals surface area contributed by atoms with Crippen LogP contribution >= 0.6 is 0 Å². The third-order valence-electron chi connectivity index (χ3n) is 4.73. The molecule has 0 saturated heterocycles. The second-order valence-corrected chi connectivity index (χ2v) is 6.41. The minimum atomic E-state index is 0.636.